The summed E-state index contributed by atoms with van der Waals surface area (Å²) in [5.41, 5.74) is 5.73. The summed E-state index contributed by atoms with van der Waals surface area (Å²) in [4.78, 5) is 12.4. The van der Waals surface area contributed by atoms with E-state index in [9.17, 15) is 0 Å². The van der Waals surface area contributed by atoms with Crippen LogP contribution >= 0.6 is 11.8 Å². The van der Waals surface area contributed by atoms with E-state index in [0.29, 0.717) is 0 Å². The molecule has 5 heteroatoms. The van der Waals surface area contributed by atoms with Gasteiger partial charge in [-0.15, -0.1) is 11.8 Å². The number of benzene rings is 4. The summed E-state index contributed by atoms with van der Waals surface area (Å²) < 4.78 is 7.03. The van der Waals surface area contributed by atoms with Gasteiger partial charge in [-0.25, -0.2) is 9.97 Å². The van der Waals surface area contributed by atoms with Gasteiger partial charge in [-0.2, -0.15) is 0 Å². The van der Waals surface area contributed by atoms with Gasteiger partial charge in [0.05, 0.1) is 5.52 Å². The predicted octanol–water partition coefficient (Wildman–Crippen LogP) is 8.36. The van der Waals surface area contributed by atoms with E-state index in [-0.39, 0.29) is 0 Å². The number of thioether (sulfide) groups is 1. The summed E-state index contributed by atoms with van der Waals surface area (Å²) in [5.74, 6) is 1.58. The lowest BCUT2D eigenvalue weighted by Gasteiger charge is -2.37. The monoisotopic (exact) mass is 541 g/mol. The van der Waals surface area contributed by atoms with Gasteiger partial charge in [0.2, 0.25) is 0 Å². The van der Waals surface area contributed by atoms with Crippen molar-refractivity contribution in [1.82, 2.24) is 9.97 Å². The van der Waals surface area contributed by atoms with Crippen LogP contribution in [0.15, 0.2) is 108 Å². The maximum atomic E-state index is 7.03. The fourth-order valence-corrected chi connectivity index (χ4v) is 6.56. The van der Waals surface area contributed by atoms with Crippen LogP contribution in [0.2, 0.25) is 0 Å². The van der Waals surface area contributed by atoms with Gasteiger partial charge in [-0.1, -0.05) is 72.8 Å². The van der Waals surface area contributed by atoms with Crippen LogP contribution in [0, 0.1) is 0 Å². The van der Waals surface area contributed by atoms with Crippen molar-refractivity contribution in [3.05, 3.63) is 120 Å². The molecule has 3 heterocycles. The van der Waals surface area contributed by atoms with Crippen LogP contribution in [0.4, 0.5) is 5.69 Å². The number of rotatable bonds is 5. The fraction of sp³-hybridized carbons (Fsp3) is 0.200. The minimum atomic E-state index is -0.729. The van der Waals surface area contributed by atoms with Gasteiger partial charge in [0, 0.05) is 46.4 Å². The number of hydrogen-bond donors (Lipinski definition) is 0. The quantitative estimate of drug-likeness (QED) is 0.165. The standard InChI is InChI=1S/C35H31N3OS/c1-40-34-32-29-21-22-35(26-13-7-3-8-14-26,27-15-17-28(18-16-27)38-23-9-4-10-24-38)39-31(29)20-19-30(32)36-33(37-34)25-11-5-2-6-12-25/h2-3,5-8,11-22H,4,9-10,23-24H2,1H3. The Morgan fingerprint density at radius 1 is 0.750 bits per heavy atom. The number of fused-ring (bicyclic) bond motifs is 3. The van der Waals surface area contributed by atoms with E-state index in [1.165, 1.54) is 24.9 Å². The first kappa shape index (κ1) is 24.9. The number of nitrogens with zero attached hydrogens (tertiary/aromatic N) is 3. The molecule has 198 valence electrons. The van der Waals surface area contributed by atoms with E-state index in [0.717, 1.165) is 62.8 Å². The van der Waals surface area contributed by atoms with Crippen LogP contribution < -0.4 is 9.64 Å². The Balaban J connectivity index is 1.33. The maximum absolute atomic E-state index is 7.03. The Kier molecular flexibility index (Phi) is 6.52. The van der Waals surface area contributed by atoms with E-state index in [2.05, 4.69) is 102 Å². The molecule has 0 aliphatic carbocycles. The zero-order chi connectivity index (χ0) is 26.9. The molecule has 4 nitrogen and oxygen atoms in total. The van der Waals surface area contributed by atoms with Gasteiger partial charge in [0.1, 0.15) is 10.8 Å². The highest BCUT2D eigenvalue weighted by Crippen LogP contribution is 2.45. The van der Waals surface area contributed by atoms with E-state index in [1.807, 2.05) is 18.2 Å². The van der Waals surface area contributed by atoms with Crippen LogP contribution in [0.25, 0.3) is 28.4 Å². The molecule has 1 atom stereocenters. The van der Waals surface area contributed by atoms with Gasteiger partial charge in [-0.3, -0.25) is 0 Å². The van der Waals surface area contributed by atoms with Crippen molar-refractivity contribution in [2.75, 3.05) is 24.2 Å². The average molecular weight is 542 g/mol. The van der Waals surface area contributed by atoms with Crippen LogP contribution in [0.3, 0.4) is 0 Å². The molecule has 1 fully saturated rings. The lowest BCUT2D eigenvalue weighted by atomic mass is 9.83. The third kappa shape index (κ3) is 4.35. The normalized spacial score (nSPS) is 18.4. The molecule has 1 saturated heterocycles. The summed E-state index contributed by atoms with van der Waals surface area (Å²) in [6.07, 6.45) is 10.3. The van der Waals surface area contributed by atoms with Crippen molar-refractivity contribution >= 4 is 34.4 Å². The molecule has 1 unspecified atom stereocenters. The second kappa shape index (κ2) is 10.5. The van der Waals surface area contributed by atoms with E-state index in [1.54, 1.807) is 11.8 Å². The molecule has 0 spiro atoms. The Labute approximate surface area is 239 Å². The van der Waals surface area contributed by atoms with Crippen LogP contribution in [0.5, 0.6) is 5.75 Å². The number of ether oxygens (including phenoxy) is 1. The lowest BCUT2D eigenvalue weighted by molar-refractivity contribution is 0.161. The fourth-order valence-electron chi connectivity index (χ4n) is 5.96. The highest BCUT2D eigenvalue weighted by molar-refractivity contribution is 7.98. The molecule has 0 bridgehead atoms. The average Bonchev–Trinajstić information content (AvgIpc) is 3.05. The third-order valence-electron chi connectivity index (χ3n) is 8.03. The van der Waals surface area contributed by atoms with Crippen molar-refractivity contribution in [3.63, 3.8) is 0 Å². The van der Waals surface area contributed by atoms with Gasteiger partial charge >= 0.3 is 0 Å². The minimum Gasteiger partial charge on any atom is -0.473 e. The highest BCUT2D eigenvalue weighted by Gasteiger charge is 2.37. The van der Waals surface area contributed by atoms with Crippen molar-refractivity contribution in [2.45, 2.75) is 29.9 Å². The molecule has 0 saturated carbocycles. The van der Waals surface area contributed by atoms with Crippen molar-refractivity contribution in [2.24, 2.45) is 0 Å². The molecule has 40 heavy (non-hydrogen) atoms. The Morgan fingerprint density at radius 3 is 2.17 bits per heavy atom. The maximum Gasteiger partial charge on any atom is 0.178 e. The first-order valence-corrected chi connectivity index (χ1v) is 15.2. The lowest BCUT2D eigenvalue weighted by Crippen LogP contribution is -2.34. The van der Waals surface area contributed by atoms with Gasteiger partial charge in [-0.05, 0) is 61.9 Å². The summed E-state index contributed by atoms with van der Waals surface area (Å²) in [6.45, 7) is 2.26. The first-order valence-electron chi connectivity index (χ1n) is 14.0. The second-order valence-electron chi connectivity index (χ2n) is 10.4. The van der Waals surface area contributed by atoms with E-state index >= 15 is 0 Å². The number of aromatic nitrogens is 2. The molecule has 0 N–H and O–H groups in total. The van der Waals surface area contributed by atoms with Gasteiger partial charge in [0.25, 0.3) is 0 Å². The highest BCUT2D eigenvalue weighted by atomic mass is 32.2. The number of hydrogen-bond acceptors (Lipinski definition) is 5. The predicted molar refractivity (Wildman–Crippen MR) is 166 cm³/mol. The zero-order valence-electron chi connectivity index (χ0n) is 22.6. The molecule has 5 aromatic rings. The van der Waals surface area contributed by atoms with Crippen LogP contribution in [-0.2, 0) is 5.60 Å². The van der Waals surface area contributed by atoms with Crippen molar-refractivity contribution in [3.8, 4) is 17.1 Å². The molecule has 0 radical (unpaired) electrons. The largest absolute Gasteiger partial charge is 0.473 e. The molecular formula is C35H31N3OS. The van der Waals surface area contributed by atoms with Crippen LogP contribution in [-0.4, -0.2) is 29.3 Å². The van der Waals surface area contributed by atoms with Gasteiger partial charge in [0.15, 0.2) is 11.4 Å². The van der Waals surface area contributed by atoms with Crippen LogP contribution in [0.1, 0.15) is 36.0 Å². The number of piperidine rings is 1. The summed E-state index contributed by atoms with van der Waals surface area (Å²) in [6, 6.07) is 33.8. The molecular weight excluding hydrogens is 510 g/mol. The summed E-state index contributed by atoms with van der Waals surface area (Å²) in [7, 11) is 0. The first-order chi connectivity index (χ1) is 19.7. The van der Waals surface area contributed by atoms with Gasteiger partial charge < -0.3 is 9.64 Å². The van der Waals surface area contributed by atoms with E-state index in [4.69, 9.17) is 14.7 Å². The topological polar surface area (TPSA) is 38.2 Å². The smallest absolute Gasteiger partial charge is 0.178 e. The molecule has 4 aromatic carbocycles. The Morgan fingerprint density at radius 2 is 1.45 bits per heavy atom. The summed E-state index contributed by atoms with van der Waals surface area (Å²) >= 11 is 1.64. The Hall–Kier alpha value is -4.09. The minimum absolute atomic E-state index is 0.729. The molecule has 2 aliphatic heterocycles. The Bertz CT molecular complexity index is 1680. The summed E-state index contributed by atoms with van der Waals surface area (Å²) in [5, 5.41) is 1.98. The number of anilines is 1. The molecule has 2 aliphatic rings. The zero-order valence-corrected chi connectivity index (χ0v) is 23.4. The SMILES string of the molecule is CSc1nc(-c2ccccc2)nc2ccc3c(c12)C=CC(c1ccccc1)(c1ccc(N2CCCCC2)cc1)O3. The molecule has 1 aromatic heterocycles. The molecule has 7 rings (SSSR count). The van der Waals surface area contributed by atoms with E-state index < -0.39 is 5.60 Å². The third-order valence-corrected chi connectivity index (χ3v) is 8.71. The second-order valence-corrected chi connectivity index (χ2v) is 11.2. The van der Waals surface area contributed by atoms with Crippen molar-refractivity contribution < 1.29 is 4.74 Å². The van der Waals surface area contributed by atoms with Crippen molar-refractivity contribution in [1.29, 1.82) is 0 Å². The molecule has 0 amide bonds.